The number of hydrogen-bond donors (Lipinski definition) is 5. The third-order valence-electron chi connectivity index (χ3n) is 7.61. The highest BCUT2D eigenvalue weighted by atomic mass is 16.7. The van der Waals surface area contributed by atoms with Gasteiger partial charge < -0.3 is 39.7 Å². The Hall–Kier alpha value is -1.82. The van der Waals surface area contributed by atoms with Crippen molar-refractivity contribution in [3.8, 4) is 0 Å². The van der Waals surface area contributed by atoms with E-state index in [1.54, 1.807) is 39.8 Å². The molecule has 0 radical (unpaired) electrons. The van der Waals surface area contributed by atoms with Gasteiger partial charge in [-0.3, -0.25) is 0 Å². The zero-order valence-corrected chi connectivity index (χ0v) is 21.4. The van der Waals surface area contributed by atoms with Gasteiger partial charge in [-0.1, -0.05) is 12.2 Å². The van der Waals surface area contributed by atoms with Crippen LogP contribution in [0.5, 0.6) is 0 Å². The number of carbonyl (C=O) groups excluding carboxylic acids is 2. The van der Waals surface area contributed by atoms with Crippen molar-refractivity contribution >= 4 is 11.9 Å². The summed E-state index contributed by atoms with van der Waals surface area (Å²) < 4.78 is 16.1. The lowest BCUT2D eigenvalue weighted by Crippen LogP contribution is -2.59. The summed E-state index contributed by atoms with van der Waals surface area (Å²) in [6.07, 6.45) is -1.24. The first-order valence-corrected chi connectivity index (χ1v) is 12.6. The zero-order valence-electron chi connectivity index (χ0n) is 21.4. The van der Waals surface area contributed by atoms with Crippen molar-refractivity contribution in [3.05, 3.63) is 23.3 Å². The quantitative estimate of drug-likeness (QED) is 0.309. The van der Waals surface area contributed by atoms with Crippen molar-refractivity contribution in [2.45, 2.75) is 108 Å². The van der Waals surface area contributed by atoms with E-state index in [0.29, 0.717) is 49.7 Å². The molecule has 0 saturated carbocycles. The van der Waals surface area contributed by atoms with Crippen molar-refractivity contribution in [1.29, 1.82) is 0 Å². The summed E-state index contributed by atoms with van der Waals surface area (Å²) in [4.78, 5) is 25.1. The maximum absolute atomic E-state index is 12.6. The Balaban J connectivity index is 1.56. The number of allylic oxidation sites excluding steroid dienone is 2. The first kappa shape index (κ1) is 28.7. The lowest BCUT2D eigenvalue weighted by Gasteiger charge is -2.39. The van der Waals surface area contributed by atoms with Crippen LogP contribution in [-0.4, -0.2) is 86.0 Å². The summed E-state index contributed by atoms with van der Waals surface area (Å²) in [6, 6.07) is 0. The Bertz CT molecular complexity index is 863. The smallest absolute Gasteiger partial charge is 0.336 e. The van der Waals surface area contributed by atoms with E-state index in [1.165, 1.54) is 0 Å². The summed E-state index contributed by atoms with van der Waals surface area (Å²) in [6.45, 7) is 6.49. The van der Waals surface area contributed by atoms with Gasteiger partial charge in [0.2, 0.25) is 6.29 Å². The predicted molar refractivity (Wildman–Crippen MR) is 127 cm³/mol. The van der Waals surface area contributed by atoms with Crippen LogP contribution in [0.4, 0.5) is 0 Å². The largest absolute Gasteiger partial charge is 0.459 e. The summed E-state index contributed by atoms with van der Waals surface area (Å²) in [5.41, 5.74) is -0.883. The molecular formula is C26H40O10. The molecular weight excluding hydrogens is 472 g/mol. The van der Waals surface area contributed by atoms with Crippen LogP contribution in [0.3, 0.4) is 0 Å². The third-order valence-corrected chi connectivity index (χ3v) is 7.61. The molecule has 2 aliphatic carbocycles. The lowest BCUT2D eigenvalue weighted by molar-refractivity contribution is -0.292. The monoisotopic (exact) mass is 512 g/mol. The highest BCUT2D eigenvalue weighted by Crippen LogP contribution is 2.34. The van der Waals surface area contributed by atoms with Gasteiger partial charge in [0.05, 0.1) is 11.2 Å². The molecule has 3 aliphatic rings. The highest BCUT2D eigenvalue weighted by Gasteiger charge is 2.46. The number of hydrogen-bond acceptors (Lipinski definition) is 10. The Morgan fingerprint density at radius 3 is 1.81 bits per heavy atom. The van der Waals surface area contributed by atoms with Crippen molar-refractivity contribution < 1.29 is 49.3 Å². The second kappa shape index (κ2) is 11.3. The Morgan fingerprint density at radius 2 is 1.36 bits per heavy atom. The van der Waals surface area contributed by atoms with Gasteiger partial charge in [0.1, 0.15) is 31.0 Å². The molecule has 1 fully saturated rings. The maximum Gasteiger partial charge on any atom is 0.336 e. The van der Waals surface area contributed by atoms with Crippen LogP contribution in [0.2, 0.25) is 0 Å². The first-order chi connectivity index (χ1) is 16.7. The minimum atomic E-state index is -1.69. The molecule has 1 aliphatic heterocycles. The fraction of sp³-hybridized carbons (Fsp3) is 0.769. The van der Waals surface area contributed by atoms with Gasteiger partial charge in [-0.2, -0.15) is 0 Å². The Morgan fingerprint density at radius 1 is 0.861 bits per heavy atom. The number of carbonyl (C=O) groups is 2. The molecule has 5 N–H and O–H groups in total. The van der Waals surface area contributed by atoms with Gasteiger partial charge in [0.25, 0.3) is 0 Å². The molecule has 0 aromatic heterocycles. The van der Waals surface area contributed by atoms with E-state index in [4.69, 9.17) is 14.2 Å². The van der Waals surface area contributed by atoms with Crippen LogP contribution in [0.25, 0.3) is 0 Å². The van der Waals surface area contributed by atoms with E-state index in [0.717, 1.165) is 0 Å². The van der Waals surface area contributed by atoms with E-state index in [2.05, 4.69) is 0 Å². The molecule has 3 rings (SSSR count). The molecule has 204 valence electrons. The van der Waals surface area contributed by atoms with Gasteiger partial charge in [-0.15, -0.1) is 0 Å². The van der Waals surface area contributed by atoms with Crippen molar-refractivity contribution in [1.82, 2.24) is 0 Å². The number of ether oxygens (including phenoxy) is 3. The molecule has 36 heavy (non-hydrogen) atoms. The van der Waals surface area contributed by atoms with Gasteiger partial charge in [-0.05, 0) is 78.1 Å². The molecule has 7 atom stereocenters. The van der Waals surface area contributed by atoms with Crippen LogP contribution in [-0.2, 0) is 23.8 Å². The predicted octanol–water partition coefficient (Wildman–Crippen LogP) is 0.875. The van der Waals surface area contributed by atoms with Crippen LogP contribution >= 0.6 is 0 Å². The standard InChI is InChI=1S/C26H40O10/c1-25(2,32)16-9-5-14(6-10-16)22(30)34-13-18-19(27)20(28)21(29)24(35-18)36-23(31)15-7-11-17(12-8-15)26(3,4)33/h5,7,16-21,24,27-29,32-33H,6,8-13H2,1-4H3/t16?,17?,18-,19-,20+,21-,24+/m1/s1. The van der Waals surface area contributed by atoms with Gasteiger partial charge in [-0.25, -0.2) is 9.59 Å². The number of rotatable bonds is 7. The summed E-state index contributed by atoms with van der Waals surface area (Å²) in [7, 11) is 0. The molecule has 0 spiro atoms. The average Bonchev–Trinajstić information content (AvgIpc) is 2.82. The summed E-state index contributed by atoms with van der Waals surface area (Å²) in [5, 5.41) is 51.2. The third kappa shape index (κ3) is 6.93. The number of aliphatic hydroxyl groups excluding tert-OH is 3. The minimum absolute atomic E-state index is 0.00176. The molecule has 2 unspecified atom stereocenters. The average molecular weight is 513 g/mol. The van der Waals surface area contributed by atoms with Gasteiger partial charge in [0.15, 0.2) is 0 Å². The molecule has 0 aromatic rings. The van der Waals surface area contributed by atoms with E-state index >= 15 is 0 Å². The lowest BCUT2D eigenvalue weighted by atomic mass is 9.79. The maximum atomic E-state index is 12.6. The SMILES string of the molecule is CC(C)(O)C1CC=C(C(=O)OC[C@H]2O[C@@H](OC(=O)C3=CCC(C(C)(C)O)CC3)[C@H](O)[C@@H](O)[C@@H]2O)CC1. The molecule has 10 heteroatoms. The van der Waals surface area contributed by atoms with Gasteiger partial charge in [0, 0.05) is 11.1 Å². The minimum Gasteiger partial charge on any atom is -0.459 e. The summed E-state index contributed by atoms with van der Waals surface area (Å²) >= 11 is 0. The van der Waals surface area contributed by atoms with E-state index < -0.39 is 60.5 Å². The van der Waals surface area contributed by atoms with Crippen LogP contribution in [0.15, 0.2) is 23.3 Å². The Labute approximate surface area is 211 Å². The topological polar surface area (TPSA) is 163 Å². The van der Waals surface area contributed by atoms with Crippen molar-refractivity contribution in [2.24, 2.45) is 11.8 Å². The number of esters is 2. The fourth-order valence-electron chi connectivity index (χ4n) is 4.91. The van der Waals surface area contributed by atoms with Crippen LogP contribution in [0, 0.1) is 11.8 Å². The molecule has 0 bridgehead atoms. The van der Waals surface area contributed by atoms with Crippen molar-refractivity contribution in [3.63, 3.8) is 0 Å². The Kier molecular flexibility index (Phi) is 9.01. The molecule has 1 heterocycles. The van der Waals surface area contributed by atoms with Gasteiger partial charge >= 0.3 is 11.9 Å². The molecule has 10 nitrogen and oxygen atoms in total. The van der Waals surface area contributed by atoms with E-state index in [-0.39, 0.29) is 11.8 Å². The van der Waals surface area contributed by atoms with Crippen LogP contribution < -0.4 is 0 Å². The van der Waals surface area contributed by atoms with Crippen molar-refractivity contribution in [2.75, 3.05) is 6.61 Å². The normalized spacial score (nSPS) is 33.9. The molecule has 0 aromatic carbocycles. The zero-order chi connectivity index (χ0) is 26.8. The molecule has 1 saturated heterocycles. The van der Waals surface area contributed by atoms with Crippen LogP contribution in [0.1, 0.15) is 66.2 Å². The first-order valence-electron chi connectivity index (χ1n) is 12.6. The fourth-order valence-corrected chi connectivity index (χ4v) is 4.91. The van der Waals surface area contributed by atoms with E-state index in [9.17, 15) is 35.1 Å². The number of aliphatic hydroxyl groups is 5. The second-order valence-corrected chi connectivity index (χ2v) is 11.2. The molecule has 0 amide bonds. The van der Waals surface area contributed by atoms with E-state index in [1.807, 2.05) is 0 Å². The summed E-state index contributed by atoms with van der Waals surface area (Å²) in [5.74, 6) is -1.28. The second-order valence-electron chi connectivity index (χ2n) is 11.2. The highest BCUT2D eigenvalue weighted by molar-refractivity contribution is 5.89.